The highest BCUT2D eigenvalue weighted by atomic mass is 32.2. The molecule has 1 atom stereocenters. The van der Waals surface area contributed by atoms with Crippen LogP contribution in [0.25, 0.3) is 0 Å². The summed E-state index contributed by atoms with van der Waals surface area (Å²) in [5.74, 6) is 0.231. The van der Waals surface area contributed by atoms with Crippen LogP contribution in [0.3, 0.4) is 0 Å². The zero-order valence-corrected chi connectivity index (χ0v) is 19.9. The first kappa shape index (κ1) is 23.3. The lowest BCUT2D eigenvalue weighted by Gasteiger charge is -2.28. The zero-order valence-electron chi connectivity index (χ0n) is 19.1. The number of anilines is 2. The van der Waals surface area contributed by atoms with Crippen LogP contribution in [-0.2, 0) is 16.8 Å². The van der Waals surface area contributed by atoms with Gasteiger partial charge in [-0.1, -0.05) is 55.7 Å². The normalized spacial score (nSPS) is 16.4. The summed E-state index contributed by atoms with van der Waals surface area (Å²) in [7, 11) is 0. The first-order chi connectivity index (χ1) is 16.9. The molecule has 8 heteroatoms. The van der Waals surface area contributed by atoms with Gasteiger partial charge in [0.05, 0.1) is 28.3 Å². The van der Waals surface area contributed by atoms with Gasteiger partial charge in [0.15, 0.2) is 28.4 Å². The summed E-state index contributed by atoms with van der Waals surface area (Å²) in [5.41, 5.74) is 8.98. The standard InChI is InChI=1S/C27H26N2O5S/c28-25-22(34-18-12-10-16(11-13-18)15-35(32)33)14-21(29-17-6-2-1-3-7-17)23-24(25)27(31)20-9-5-4-8-19(20)26(23)30/h4-5,8-14,17,29H,1-3,6-7,15,28H2,(H,32,33). The Morgan fingerprint density at radius 2 is 1.57 bits per heavy atom. The van der Waals surface area contributed by atoms with Gasteiger partial charge in [0.25, 0.3) is 0 Å². The molecule has 1 saturated carbocycles. The number of ether oxygens (including phenoxy) is 1. The number of nitrogens with two attached hydrogens (primary N) is 1. The maximum atomic E-state index is 13.5. The molecule has 0 bridgehead atoms. The Labute approximate surface area is 206 Å². The van der Waals surface area contributed by atoms with Crippen LogP contribution in [0.5, 0.6) is 11.5 Å². The van der Waals surface area contributed by atoms with Crippen LogP contribution in [0, 0.1) is 0 Å². The Morgan fingerprint density at radius 1 is 0.943 bits per heavy atom. The zero-order chi connectivity index (χ0) is 24.5. The highest BCUT2D eigenvalue weighted by Crippen LogP contribution is 2.42. The van der Waals surface area contributed by atoms with Crippen molar-refractivity contribution in [2.24, 2.45) is 0 Å². The first-order valence-corrected chi connectivity index (χ1v) is 13.0. The van der Waals surface area contributed by atoms with E-state index < -0.39 is 11.1 Å². The van der Waals surface area contributed by atoms with E-state index in [2.05, 4.69) is 5.32 Å². The number of carbonyl (C=O) groups excluding carboxylic acids is 2. The van der Waals surface area contributed by atoms with Crippen LogP contribution < -0.4 is 15.8 Å². The van der Waals surface area contributed by atoms with Crippen molar-refractivity contribution in [1.29, 1.82) is 0 Å². The molecule has 1 fully saturated rings. The van der Waals surface area contributed by atoms with Crippen molar-refractivity contribution in [3.05, 3.63) is 82.4 Å². The molecule has 0 heterocycles. The molecule has 0 aromatic heterocycles. The number of ketones is 2. The van der Waals surface area contributed by atoms with E-state index in [0.29, 0.717) is 33.7 Å². The molecule has 0 amide bonds. The number of hydrogen-bond acceptors (Lipinski definition) is 6. The minimum Gasteiger partial charge on any atom is -0.455 e. The number of nitrogen functional groups attached to an aromatic ring is 1. The third kappa shape index (κ3) is 4.59. The smallest absolute Gasteiger partial charge is 0.196 e. The summed E-state index contributed by atoms with van der Waals surface area (Å²) in [5, 5.41) is 3.50. The number of benzene rings is 3. The fourth-order valence-electron chi connectivity index (χ4n) is 4.88. The van der Waals surface area contributed by atoms with Crippen molar-refractivity contribution >= 4 is 34.0 Å². The fraction of sp³-hybridized carbons (Fsp3) is 0.259. The van der Waals surface area contributed by atoms with Gasteiger partial charge < -0.3 is 20.3 Å². The molecule has 3 aromatic rings. The van der Waals surface area contributed by atoms with Crippen molar-refractivity contribution in [3.8, 4) is 11.5 Å². The Bertz CT molecular complexity index is 1330. The van der Waals surface area contributed by atoms with Gasteiger partial charge in [-0.3, -0.25) is 9.59 Å². The molecule has 2 aliphatic rings. The molecule has 5 rings (SSSR count). The maximum Gasteiger partial charge on any atom is 0.196 e. The van der Waals surface area contributed by atoms with E-state index in [1.165, 1.54) is 6.42 Å². The van der Waals surface area contributed by atoms with Crippen molar-refractivity contribution in [2.75, 3.05) is 11.1 Å². The third-order valence-corrected chi connectivity index (χ3v) is 7.19. The van der Waals surface area contributed by atoms with Gasteiger partial charge in [0.2, 0.25) is 0 Å². The molecule has 35 heavy (non-hydrogen) atoms. The number of hydrogen-bond donors (Lipinski definition) is 3. The lowest BCUT2D eigenvalue weighted by molar-refractivity contribution is 0.0980. The van der Waals surface area contributed by atoms with Crippen molar-refractivity contribution in [3.63, 3.8) is 0 Å². The Balaban J connectivity index is 1.58. The van der Waals surface area contributed by atoms with Gasteiger partial charge in [-0.05, 0) is 30.5 Å². The average Bonchev–Trinajstić information content (AvgIpc) is 2.86. The van der Waals surface area contributed by atoms with Gasteiger partial charge in [-0.2, -0.15) is 0 Å². The second-order valence-corrected chi connectivity index (χ2v) is 9.91. The lowest BCUT2D eigenvalue weighted by Crippen LogP contribution is -2.28. The highest BCUT2D eigenvalue weighted by molar-refractivity contribution is 7.78. The van der Waals surface area contributed by atoms with E-state index in [-0.39, 0.29) is 40.4 Å². The minimum atomic E-state index is -1.94. The van der Waals surface area contributed by atoms with E-state index in [4.69, 9.17) is 15.0 Å². The molecule has 0 radical (unpaired) electrons. The number of rotatable bonds is 6. The van der Waals surface area contributed by atoms with E-state index >= 15 is 0 Å². The van der Waals surface area contributed by atoms with Crippen LogP contribution in [0.2, 0.25) is 0 Å². The van der Waals surface area contributed by atoms with Crippen LogP contribution in [-0.4, -0.2) is 26.4 Å². The maximum absolute atomic E-state index is 13.5. The van der Waals surface area contributed by atoms with Crippen molar-refractivity contribution < 1.29 is 23.1 Å². The molecule has 2 aliphatic carbocycles. The SMILES string of the molecule is Nc1c(Oc2ccc(CS(=O)O)cc2)cc(NC2CCCCC2)c2c1C(=O)c1ccccc1C2=O. The van der Waals surface area contributed by atoms with Gasteiger partial charge in [0.1, 0.15) is 5.75 Å². The van der Waals surface area contributed by atoms with Crippen LogP contribution >= 0.6 is 0 Å². The van der Waals surface area contributed by atoms with Gasteiger partial charge in [0, 0.05) is 23.2 Å². The number of nitrogens with one attached hydrogen (secondary N) is 1. The van der Waals surface area contributed by atoms with Crippen molar-refractivity contribution in [1.82, 2.24) is 0 Å². The third-order valence-electron chi connectivity index (χ3n) is 6.61. The van der Waals surface area contributed by atoms with Gasteiger partial charge >= 0.3 is 0 Å². The molecule has 7 nitrogen and oxygen atoms in total. The molecule has 3 aromatic carbocycles. The Morgan fingerprint density at radius 3 is 2.20 bits per heavy atom. The topological polar surface area (TPSA) is 119 Å². The molecule has 0 aliphatic heterocycles. The molecule has 4 N–H and O–H groups in total. The summed E-state index contributed by atoms with van der Waals surface area (Å²) >= 11 is -1.94. The predicted molar refractivity (Wildman–Crippen MR) is 136 cm³/mol. The summed E-state index contributed by atoms with van der Waals surface area (Å²) in [4.78, 5) is 27.0. The molecule has 0 spiro atoms. The van der Waals surface area contributed by atoms with E-state index in [1.54, 1.807) is 54.6 Å². The summed E-state index contributed by atoms with van der Waals surface area (Å²) in [6.45, 7) is 0. The predicted octanol–water partition coefficient (Wildman–Crippen LogP) is 5.30. The monoisotopic (exact) mass is 490 g/mol. The van der Waals surface area contributed by atoms with E-state index in [1.807, 2.05) is 0 Å². The summed E-state index contributed by atoms with van der Waals surface area (Å²) < 4.78 is 26.2. The second kappa shape index (κ2) is 9.64. The van der Waals surface area contributed by atoms with Gasteiger partial charge in [-0.15, -0.1) is 0 Å². The Kier molecular flexibility index (Phi) is 6.40. The number of fused-ring (bicyclic) bond motifs is 2. The largest absolute Gasteiger partial charge is 0.455 e. The summed E-state index contributed by atoms with van der Waals surface area (Å²) in [6.07, 6.45) is 5.39. The lowest BCUT2D eigenvalue weighted by atomic mass is 9.81. The molecular weight excluding hydrogens is 464 g/mol. The molecular formula is C27H26N2O5S. The van der Waals surface area contributed by atoms with Crippen molar-refractivity contribution in [2.45, 2.75) is 43.9 Å². The number of carbonyl (C=O) groups is 2. The molecule has 0 saturated heterocycles. The Hall–Kier alpha value is -3.49. The fourth-order valence-corrected chi connectivity index (χ4v) is 5.36. The van der Waals surface area contributed by atoms with Crippen LogP contribution in [0.1, 0.15) is 69.5 Å². The quantitative estimate of drug-likeness (QED) is 0.248. The van der Waals surface area contributed by atoms with Crippen LogP contribution in [0.15, 0.2) is 54.6 Å². The molecule has 180 valence electrons. The highest BCUT2D eigenvalue weighted by Gasteiger charge is 2.35. The van der Waals surface area contributed by atoms with Crippen LogP contribution in [0.4, 0.5) is 11.4 Å². The van der Waals surface area contributed by atoms with E-state index in [0.717, 1.165) is 25.7 Å². The average molecular weight is 491 g/mol. The second-order valence-electron chi connectivity index (χ2n) is 8.98. The molecule has 1 unspecified atom stereocenters. The summed E-state index contributed by atoms with van der Waals surface area (Å²) in [6, 6.07) is 15.5. The van der Waals surface area contributed by atoms with Gasteiger partial charge in [-0.25, -0.2) is 4.21 Å². The van der Waals surface area contributed by atoms with E-state index in [9.17, 15) is 13.8 Å². The first-order valence-electron chi connectivity index (χ1n) is 11.7. The minimum absolute atomic E-state index is 0.0206.